The first-order chi connectivity index (χ1) is 13.9. The van der Waals surface area contributed by atoms with Crippen molar-refractivity contribution in [2.24, 2.45) is 0 Å². The van der Waals surface area contributed by atoms with Crippen LogP contribution in [-0.4, -0.2) is 35.7 Å². The number of rotatable bonds is 7. The summed E-state index contributed by atoms with van der Waals surface area (Å²) in [6.07, 6.45) is 1.42. The molecule has 0 bridgehead atoms. The number of nitro groups is 1. The maximum atomic E-state index is 12.1. The van der Waals surface area contributed by atoms with Gasteiger partial charge in [-0.2, -0.15) is 0 Å². The molecule has 1 saturated heterocycles. The van der Waals surface area contributed by atoms with Crippen molar-refractivity contribution < 1.29 is 19.3 Å². The monoisotopic (exact) mass is 396 g/mol. The van der Waals surface area contributed by atoms with Gasteiger partial charge in [-0.05, 0) is 36.8 Å². The smallest absolute Gasteiger partial charge is 0.269 e. The van der Waals surface area contributed by atoms with Gasteiger partial charge in [0.1, 0.15) is 0 Å². The lowest BCUT2D eigenvalue weighted by Gasteiger charge is -2.16. The van der Waals surface area contributed by atoms with Gasteiger partial charge in [0.25, 0.3) is 11.6 Å². The second kappa shape index (κ2) is 8.96. The van der Waals surface area contributed by atoms with E-state index in [-0.39, 0.29) is 36.0 Å². The molecule has 0 aromatic heterocycles. The van der Waals surface area contributed by atoms with Crippen LogP contribution in [0.2, 0.25) is 0 Å². The van der Waals surface area contributed by atoms with E-state index in [4.69, 9.17) is 0 Å². The van der Waals surface area contributed by atoms with Gasteiger partial charge < -0.3 is 15.5 Å². The average molecular weight is 396 g/mol. The molecule has 0 saturated carbocycles. The van der Waals surface area contributed by atoms with E-state index in [0.29, 0.717) is 18.7 Å². The fourth-order valence-corrected chi connectivity index (χ4v) is 3.02. The predicted molar refractivity (Wildman–Crippen MR) is 107 cm³/mol. The van der Waals surface area contributed by atoms with Crippen molar-refractivity contribution in [3.63, 3.8) is 0 Å². The molecule has 1 fully saturated rings. The van der Waals surface area contributed by atoms with Crippen LogP contribution in [0.25, 0.3) is 0 Å². The van der Waals surface area contributed by atoms with Crippen molar-refractivity contribution in [1.82, 2.24) is 5.32 Å². The van der Waals surface area contributed by atoms with E-state index in [1.54, 1.807) is 23.1 Å². The largest absolute Gasteiger partial charge is 0.352 e. The highest BCUT2D eigenvalue weighted by molar-refractivity contribution is 5.97. The van der Waals surface area contributed by atoms with Crippen LogP contribution in [0.3, 0.4) is 0 Å². The van der Waals surface area contributed by atoms with Crippen molar-refractivity contribution in [2.45, 2.75) is 19.3 Å². The molecular formula is C20H20N4O5. The quantitative estimate of drug-likeness (QED) is 0.550. The second-order valence-electron chi connectivity index (χ2n) is 6.56. The van der Waals surface area contributed by atoms with Gasteiger partial charge in [0.2, 0.25) is 11.8 Å². The van der Waals surface area contributed by atoms with E-state index < -0.39 is 10.8 Å². The van der Waals surface area contributed by atoms with E-state index in [1.807, 2.05) is 6.07 Å². The number of nitro benzene ring substituents is 1. The molecule has 29 heavy (non-hydrogen) atoms. The highest BCUT2D eigenvalue weighted by atomic mass is 16.6. The minimum atomic E-state index is -0.541. The van der Waals surface area contributed by atoms with Crippen molar-refractivity contribution in [1.29, 1.82) is 0 Å². The number of nitrogens with zero attached hydrogens (tertiary/aromatic N) is 2. The van der Waals surface area contributed by atoms with Crippen molar-refractivity contribution in [2.75, 3.05) is 23.3 Å². The molecule has 1 aliphatic heterocycles. The first kappa shape index (κ1) is 20.0. The van der Waals surface area contributed by atoms with Gasteiger partial charge in [-0.1, -0.05) is 6.07 Å². The van der Waals surface area contributed by atoms with Gasteiger partial charge in [-0.25, -0.2) is 0 Å². The number of hydrogen-bond acceptors (Lipinski definition) is 5. The van der Waals surface area contributed by atoms with Gasteiger partial charge in [-0.3, -0.25) is 24.5 Å². The first-order valence-electron chi connectivity index (χ1n) is 9.17. The molecular weight excluding hydrogens is 376 g/mol. The Morgan fingerprint density at radius 2 is 1.90 bits per heavy atom. The number of carbonyl (C=O) groups is 3. The Hall–Kier alpha value is -3.75. The Balaban J connectivity index is 1.48. The van der Waals surface area contributed by atoms with Crippen molar-refractivity contribution in [3.05, 3.63) is 64.2 Å². The summed E-state index contributed by atoms with van der Waals surface area (Å²) < 4.78 is 0. The van der Waals surface area contributed by atoms with Crippen LogP contribution in [-0.2, 0) is 9.59 Å². The van der Waals surface area contributed by atoms with Crippen LogP contribution in [0.4, 0.5) is 17.1 Å². The van der Waals surface area contributed by atoms with Gasteiger partial charge in [-0.15, -0.1) is 0 Å². The summed E-state index contributed by atoms with van der Waals surface area (Å²) in [5, 5.41) is 16.0. The fraction of sp³-hybridized carbons (Fsp3) is 0.250. The molecule has 2 aromatic rings. The molecule has 150 valence electrons. The van der Waals surface area contributed by atoms with Crippen LogP contribution in [0, 0.1) is 10.1 Å². The minimum absolute atomic E-state index is 0.0611. The lowest BCUT2D eigenvalue weighted by Crippen LogP contribution is -2.27. The SMILES string of the molecule is O=C(CCNC(=O)c1ccc([N+](=O)[O-])cc1)Nc1cccc(N2CCCC2=O)c1. The molecule has 1 aliphatic rings. The Bertz CT molecular complexity index is 942. The summed E-state index contributed by atoms with van der Waals surface area (Å²) in [5.41, 5.74) is 1.50. The Morgan fingerprint density at radius 3 is 2.55 bits per heavy atom. The highest BCUT2D eigenvalue weighted by Crippen LogP contribution is 2.24. The summed E-state index contributed by atoms with van der Waals surface area (Å²) in [7, 11) is 0. The van der Waals surface area contributed by atoms with Gasteiger partial charge in [0.05, 0.1) is 4.92 Å². The third kappa shape index (κ3) is 5.16. The standard InChI is InChI=1S/C20H20N4O5/c25-18(10-11-21-20(27)14-6-8-16(9-7-14)24(28)29)22-15-3-1-4-17(13-15)23-12-2-5-19(23)26/h1,3-4,6-9,13H,2,5,10-12H2,(H,21,27)(H,22,25). The molecule has 9 nitrogen and oxygen atoms in total. The number of non-ortho nitro benzene ring substituents is 1. The van der Waals surface area contributed by atoms with Gasteiger partial charge in [0, 0.05) is 55.0 Å². The highest BCUT2D eigenvalue weighted by Gasteiger charge is 2.21. The summed E-state index contributed by atoms with van der Waals surface area (Å²) in [4.78, 5) is 47.8. The Labute approximate surface area is 166 Å². The molecule has 2 N–H and O–H groups in total. The molecule has 0 atom stereocenters. The second-order valence-corrected chi connectivity index (χ2v) is 6.56. The molecule has 3 rings (SSSR count). The molecule has 1 heterocycles. The van der Waals surface area contributed by atoms with Crippen LogP contribution in [0.5, 0.6) is 0 Å². The molecule has 0 unspecified atom stereocenters. The zero-order chi connectivity index (χ0) is 20.8. The third-order valence-electron chi connectivity index (χ3n) is 4.49. The first-order valence-corrected chi connectivity index (χ1v) is 9.17. The number of anilines is 2. The molecule has 0 aliphatic carbocycles. The van der Waals surface area contributed by atoms with E-state index in [0.717, 1.165) is 12.1 Å². The van der Waals surface area contributed by atoms with E-state index in [2.05, 4.69) is 10.6 Å². The summed E-state index contributed by atoms with van der Waals surface area (Å²) in [6.45, 7) is 0.789. The van der Waals surface area contributed by atoms with E-state index in [9.17, 15) is 24.5 Å². The van der Waals surface area contributed by atoms with Crippen molar-refractivity contribution >= 4 is 34.8 Å². The lowest BCUT2D eigenvalue weighted by molar-refractivity contribution is -0.384. The summed E-state index contributed by atoms with van der Waals surface area (Å²) >= 11 is 0. The maximum Gasteiger partial charge on any atom is 0.269 e. The topological polar surface area (TPSA) is 122 Å². The van der Waals surface area contributed by atoms with Crippen LogP contribution in [0.1, 0.15) is 29.6 Å². The van der Waals surface area contributed by atoms with Crippen LogP contribution in [0.15, 0.2) is 48.5 Å². The van der Waals surface area contributed by atoms with Crippen LogP contribution >= 0.6 is 0 Å². The number of amides is 3. The molecule has 3 amide bonds. The predicted octanol–water partition coefficient (Wildman–Crippen LogP) is 2.48. The summed E-state index contributed by atoms with van der Waals surface area (Å²) in [5.74, 6) is -0.622. The van der Waals surface area contributed by atoms with E-state index in [1.165, 1.54) is 24.3 Å². The number of nitrogens with one attached hydrogen (secondary N) is 2. The zero-order valence-electron chi connectivity index (χ0n) is 15.6. The van der Waals surface area contributed by atoms with Crippen LogP contribution < -0.4 is 15.5 Å². The Morgan fingerprint density at radius 1 is 1.14 bits per heavy atom. The van der Waals surface area contributed by atoms with Gasteiger partial charge >= 0.3 is 0 Å². The molecule has 0 radical (unpaired) electrons. The molecule has 0 spiro atoms. The normalized spacial score (nSPS) is 13.2. The molecule has 2 aromatic carbocycles. The fourth-order valence-electron chi connectivity index (χ4n) is 3.02. The maximum absolute atomic E-state index is 12.1. The lowest BCUT2D eigenvalue weighted by atomic mass is 10.2. The average Bonchev–Trinajstić information content (AvgIpc) is 3.14. The van der Waals surface area contributed by atoms with E-state index >= 15 is 0 Å². The van der Waals surface area contributed by atoms with Gasteiger partial charge in [0.15, 0.2) is 0 Å². The number of hydrogen-bond donors (Lipinski definition) is 2. The number of carbonyl (C=O) groups excluding carboxylic acids is 3. The number of benzene rings is 2. The molecule has 9 heteroatoms. The van der Waals surface area contributed by atoms with Crippen molar-refractivity contribution in [3.8, 4) is 0 Å². The zero-order valence-corrected chi connectivity index (χ0v) is 15.6. The third-order valence-corrected chi connectivity index (χ3v) is 4.49. The Kier molecular flexibility index (Phi) is 6.18. The summed E-state index contributed by atoms with van der Waals surface area (Å²) in [6, 6.07) is 12.3. The minimum Gasteiger partial charge on any atom is -0.352 e.